The molecule has 0 fully saturated rings. The van der Waals surface area contributed by atoms with Crippen molar-refractivity contribution in [1.29, 1.82) is 0 Å². The van der Waals surface area contributed by atoms with Crippen molar-refractivity contribution < 1.29 is 9.26 Å². The van der Waals surface area contributed by atoms with Gasteiger partial charge in [-0.05, 0) is 45.4 Å². The minimum absolute atomic E-state index is 0.478. The van der Waals surface area contributed by atoms with E-state index in [4.69, 9.17) is 9.26 Å². The molecular formula is C18H19N5O2. The van der Waals surface area contributed by atoms with Crippen molar-refractivity contribution in [2.45, 2.75) is 27.7 Å². The number of aromatic amines is 2. The quantitative estimate of drug-likeness (QED) is 0.592. The fourth-order valence-electron chi connectivity index (χ4n) is 3.37. The van der Waals surface area contributed by atoms with Gasteiger partial charge in [0.25, 0.3) is 6.01 Å². The number of hydrogen-bond acceptors (Lipinski definition) is 5. The average molecular weight is 337 g/mol. The number of H-pyrrole nitrogens is 2. The molecule has 0 amide bonds. The Balaban J connectivity index is 2.08. The largest absolute Gasteiger partial charge is 0.468 e. The van der Waals surface area contributed by atoms with Crippen LogP contribution in [-0.4, -0.2) is 32.4 Å². The number of methoxy groups -OCH3 is 1. The number of benzene rings is 1. The summed E-state index contributed by atoms with van der Waals surface area (Å²) in [6, 6.07) is 4.64. The van der Waals surface area contributed by atoms with E-state index in [1.807, 2.05) is 33.8 Å². The van der Waals surface area contributed by atoms with E-state index >= 15 is 0 Å². The van der Waals surface area contributed by atoms with Crippen molar-refractivity contribution in [3.8, 4) is 28.3 Å². The molecule has 0 unspecified atom stereocenters. The van der Waals surface area contributed by atoms with E-state index in [0.717, 1.165) is 56.1 Å². The fourth-order valence-corrected chi connectivity index (χ4v) is 3.37. The lowest BCUT2D eigenvalue weighted by Crippen LogP contribution is -1.89. The summed E-state index contributed by atoms with van der Waals surface area (Å²) < 4.78 is 10.6. The topological polar surface area (TPSA) is 92.6 Å². The Morgan fingerprint density at radius 2 is 1.84 bits per heavy atom. The second kappa shape index (κ2) is 5.47. The predicted molar refractivity (Wildman–Crippen MR) is 94.7 cm³/mol. The van der Waals surface area contributed by atoms with Gasteiger partial charge in [0.1, 0.15) is 11.3 Å². The third kappa shape index (κ3) is 2.31. The van der Waals surface area contributed by atoms with Gasteiger partial charge >= 0.3 is 0 Å². The molecule has 0 atom stereocenters. The third-order valence-corrected chi connectivity index (χ3v) is 4.48. The van der Waals surface area contributed by atoms with Gasteiger partial charge in [0.2, 0.25) is 0 Å². The molecule has 2 N–H and O–H groups in total. The highest BCUT2D eigenvalue weighted by molar-refractivity contribution is 5.97. The van der Waals surface area contributed by atoms with Gasteiger partial charge in [-0.1, -0.05) is 5.16 Å². The number of ether oxygens (including phenoxy) is 1. The third-order valence-electron chi connectivity index (χ3n) is 4.48. The van der Waals surface area contributed by atoms with Gasteiger partial charge in [0.05, 0.1) is 24.0 Å². The average Bonchev–Trinajstić information content (AvgIpc) is 3.24. The smallest absolute Gasteiger partial charge is 0.294 e. The number of aromatic nitrogens is 5. The Morgan fingerprint density at radius 1 is 1.04 bits per heavy atom. The van der Waals surface area contributed by atoms with Crippen LogP contribution in [0.25, 0.3) is 33.3 Å². The molecule has 7 heteroatoms. The van der Waals surface area contributed by atoms with E-state index in [2.05, 4.69) is 31.4 Å². The standard InChI is InChI=1S/C18H19N5O2/c1-8-15(9(2)22-21-8)13-6-12(16-10(3)23-25-11(16)4)7-14-17(13)20-18(19-14)24-5/h6-7H,1-5H3,(H,19,20)(H,21,22). The molecule has 128 valence electrons. The predicted octanol–water partition coefficient (Wildman–Crippen LogP) is 3.85. The summed E-state index contributed by atoms with van der Waals surface area (Å²) >= 11 is 0. The zero-order chi connectivity index (χ0) is 17.7. The molecule has 3 aromatic heterocycles. The summed E-state index contributed by atoms with van der Waals surface area (Å²) in [7, 11) is 1.60. The lowest BCUT2D eigenvalue weighted by Gasteiger charge is -2.07. The van der Waals surface area contributed by atoms with Crippen molar-refractivity contribution in [3.63, 3.8) is 0 Å². The lowest BCUT2D eigenvalue weighted by atomic mass is 9.96. The van der Waals surface area contributed by atoms with Crippen LogP contribution < -0.4 is 4.74 Å². The number of imidazole rings is 1. The van der Waals surface area contributed by atoms with Gasteiger partial charge in [0.15, 0.2) is 0 Å². The first-order chi connectivity index (χ1) is 12.0. The van der Waals surface area contributed by atoms with Gasteiger partial charge in [-0.25, -0.2) is 0 Å². The molecule has 0 bridgehead atoms. The molecule has 0 aliphatic rings. The van der Waals surface area contributed by atoms with Gasteiger partial charge < -0.3 is 14.2 Å². The maximum atomic E-state index is 5.35. The van der Waals surface area contributed by atoms with Crippen LogP contribution in [0.3, 0.4) is 0 Å². The first-order valence-corrected chi connectivity index (χ1v) is 8.02. The van der Waals surface area contributed by atoms with Crippen LogP contribution in [0, 0.1) is 27.7 Å². The van der Waals surface area contributed by atoms with Crippen LogP contribution in [0.15, 0.2) is 16.7 Å². The highest BCUT2D eigenvalue weighted by atomic mass is 16.5. The molecule has 0 saturated heterocycles. The Hall–Kier alpha value is -3.09. The summed E-state index contributed by atoms with van der Waals surface area (Å²) in [6.45, 7) is 7.85. The molecule has 0 aliphatic carbocycles. The Bertz CT molecular complexity index is 1050. The number of hydrogen-bond donors (Lipinski definition) is 2. The molecule has 7 nitrogen and oxygen atoms in total. The highest BCUT2D eigenvalue weighted by Crippen LogP contribution is 2.38. The minimum Gasteiger partial charge on any atom is -0.468 e. The van der Waals surface area contributed by atoms with E-state index in [-0.39, 0.29) is 0 Å². The summed E-state index contributed by atoms with van der Waals surface area (Å²) in [5, 5.41) is 11.5. The van der Waals surface area contributed by atoms with Crippen molar-refractivity contribution >= 4 is 11.0 Å². The van der Waals surface area contributed by atoms with Gasteiger partial charge in [-0.3, -0.25) is 5.10 Å². The van der Waals surface area contributed by atoms with Gasteiger partial charge in [-0.15, -0.1) is 0 Å². The van der Waals surface area contributed by atoms with E-state index < -0.39 is 0 Å². The maximum absolute atomic E-state index is 5.35. The monoisotopic (exact) mass is 337 g/mol. The van der Waals surface area contributed by atoms with Crippen molar-refractivity contribution in [1.82, 2.24) is 25.3 Å². The molecule has 4 aromatic rings. The summed E-state index contributed by atoms with van der Waals surface area (Å²) in [6.07, 6.45) is 0. The lowest BCUT2D eigenvalue weighted by molar-refractivity contribution is 0.386. The van der Waals surface area contributed by atoms with Crippen LogP contribution >= 0.6 is 0 Å². The normalized spacial score (nSPS) is 11.4. The summed E-state index contributed by atoms with van der Waals surface area (Å²) in [4.78, 5) is 7.79. The summed E-state index contributed by atoms with van der Waals surface area (Å²) in [5.41, 5.74) is 8.58. The van der Waals surface area contributed by atoms with Crippen LogP contribution in [0.4, 0.5) is 0 Å². The second-order valence-corrected chi connectivity index (χ2v) is 6.17. The van der Waals surface area contributed by atoms with Gasteiger partial charge in [0, 0.05) is 22.4 Å². The van der Waals surface area contributed by atoms with Crippen LogP contribution in [0.2, 0.25) is 0 Å². The molecule has 0 radical (unpaired) electrons. The zero-order valence-corrected chi connectivity index (χ0v) is 14.8. The molecule has 25 heavy (non-hydrogen) atoms. The number of nitrogens with zero attached hydrogens (tertiary/aromatic N) is 3. The molecule has 4 rings (SSSR count). The number of aryl methyl sites for hydroxylation is 4. The molecular weight excluding hydrogens is 318 g/mol. The van der Waals surface area contributed by atoms with Gasteiger partial charge in [-0.2, -0.15) is 10.1 Å². The Labute approximate surface area is 144 Å². The molecule has 0 spiro atoms. The van der Waals surface area contributed by atoms with E-state index in [9.17, 15) is 0 Å². The first-order valence-electron chi connectivity index (χ1n) is 8.02. The number of fused-ring (bicyclic) bond motifs is 1. The molecule has 1 aromatic carbocycles. The maximum Gasteiger partial charge on any atom is 0.294 e. The molecule has 3 heterocycles. The second-order valence-electron chi connectivity index (χ2n) is 6.17. The van der Waals surface area contributed by atoms with E-state index in [1.165, 1.54) is 0 Å². The Morgan fingerprint density at radius 3 is 2.44 bits per heavy atom. The zero-order valence-electron chi connectivity index (χ0n) is 14.8. The van der Waals surface area contributed by atoms with Crippen LogP contribution in [0.1, 0.15) is 22.8 Å². The molecule has 0 aliphatic heterocycles. The fraction of sp³-hybridized carbons (Fsp3) is 0.278. The van der Waals surface area contributed by atoms with Crippen molar-refractivity contribution in [3.05, 3.63) is 35.0 Å². The summed E-state index contributed by atoms with van der Waals surface area (Å²) in [5.74, 6) is 0.787. The Kier molecular flexibility index (Phi) is 3.38. The van der Waals surface area contributed by atoms with Crippen molar-refractivity contribution in [2.24, 2.45) is 0 Å². The van der Waals surface area contributed by atoms with Crippen LogP contribution in [0.5, 0.6) is 6.01 Å². The van der Waals surface area contributed by atoms with E-state index in [1.54, 1.807) is 7.11 Å². The van der Waals surface area contributed by atoms with Crippen molar-refractivity contribution in [2.75, 3.05) is 7.11 Å². The highest BCUT2D eigenvalue weighted by Gasteiger charge is 2.20. The van der Waals surface area contributed by atoms with Crippen LogP contribution in [-0.2, 0) is 0 Å². The minimum atomic E-state index is 0.478. The number of rotatable bonds is 3. The SMILES string of the molecule is COc1nc2c(-c3c(C)n[nH]c3C)cc(-c3c(C)noc3C)cc2[nH]1. The number of nitrogens with one attached hydrogen (secondary N) is 2. The molecule has 0 saturated carbocycles. The first kappa shape index (κ1) is 15.4. The van der Waals surface area contributed by atoms with E-state index in [0.29, 0.717) is 6.01 Å².